The smallest absolute Gasteiger partial charge is 0.250 e. The molecule has 1 N–H and O–H groups in total. The molecule has 6 nitrogen and oxygen atoms in total. The van der Waals surface area contributed by atoms with E-state index < -0.39 is 0 Å². The predicted molar refractivity (Wildman–Crippen MR) is 92.9 cm³/mol. The number of nitrogens with one attached hydrogen (secondary N) is 1. The Balaban J connectivity index is 2.03. The molecule has 0 bridgehead atoms. The van der Waals surface area contributed by atoms with Crippen LogP contribution in [0.4, 0.5) is 5.69 Å². The van der Waals surface area contributed by atoms with Gasteiger partial charge in [0.1, 0.15) is 11.5 Å². The second-order valence-electron chi connectivity index (χ2n) is 5.59. The van der Waals surface area contributed by atoms with E-state index in [2.05, 4.69) is 5.32 Å². The zero-order valence-corrected chi connectivity index (χ0v) is 14.4. The van der Waals surface area contributed by atoms with Gasteiger partial charge in [0.2, 0.25) is 5.91 Å². The molecule has 0 fully saturated rings. The van der Waals surface area contributed by atoms with Crippen molar-refractivity contribution in [1.82, 2.24) is 4.57 Å². The number of anilines is 1. The van der Waals surface area contributed by atoms with E-state index in [1.807, 2.05) is 12.1 Å². The quantitative estimate of drug-likeness (QED) is 0.882. The molecule has 2 rings (SSSR count). The number of aryl methyl sites for hydroxylation is 3. The summed E-state index contributed by atoms with van der Waals surface area (Å²) in [6, 6.07) is 7.06. The van der Waals surface area contributed by atoms with Gasteiger partial charge in [0, 0.05) is 31.8 Å². The van der Waals surface area contributed by atoms with Gasteiger partial charge in [-0.2, -0.15) is 0 Å². The van der Waals surface area contributed by atoms with Gasteiger partial charge in [0.25, 0.3) is 5.56 Å². The summed E-state index contributed by atoms with van der Waals surface area (Å²) in [5.74, 6) is 1.27. The van der Waals surface area contributed by atoms with Crippen LogP contribution in [0, 0.1) is 6.92 Å². The number of benzene rings is 1. The maximum atomic E-state index is 12.2. The van der Waals surface area contributed by atoms with Crippen LogP contribution in [-0.4, -0.2) is 24.7 Å². The third-order valence-electron chi connectivity index (χ3n) is 3.76. The minimum Gasteiger partial charge on any atom is -0.497 e. The molecule has 0 radical (unpaired) electrons. The lowest BCUT2D eigenvalue weighted by Gasteiger charge is -2.11. The number of ether oxygens (including phenoxy) is 2. The fourth-order valence-corrected chi connectivity index (χ4v) is 2.34. The minimum atomic E-state index is -0.112. The zero-order chi connectivity index (χ0) is 17.7. The highest BCUT2D eigenvalue weighted by atomic mass is 16.5. The van der Waals surface area contributed by atoms with Gasteiger partial charge in [-0.25, -0.2) is 0 Å². The molecule has 0 unspecified atom stereocenters. The Morgan fingerprint density at radius 3 is 2.33 bits per heavy atom. The number of pyridine rings is 1. The van der Waals surface area contributed by atoms with E-state index in [9.17, 15) is 9.59 Å². The summed E-state index contributed by atoms with van der Waals surface area (Å²) in [6.45, 7) is 1.80. The van der Waals surface area contributed by atoms with E-state index in [0.29, 0.717) is 30.0 Å². The Morgan fingerprint density at radius 2 is 1.75 bits per heavy atom. The molecular weight excluding hydrogens is 308 g/mol. The number of hydrogen-bond donors (Lipinski definition) is 1. The molecule has 1 amide bonds. The summed E-state index contributed by atoms with van der Waals surface area (Å²) in [7, 11) is 4.83. The van der Waals surface area contributed by atoms with Crippen LogP contribution in [0.5, 0.6) is 11.5 Å². The van der Waals surface area contributed by atoms with Crippen LogP contribution in [0.2, 0.25) is 0 Å². The summed E-state index contributed by atoms with van der Waals surface area (Å²) >= 11 is 0. The minimum absolute atomic E-state index is 0.103. The van der Waals surface area contributed by atoms with Crippen molar-refractivity contribution in [3.63, 3.8) is 0 Å². The van der Waals surface area contributed by atoms with Crippen LogP contribution in [0.1, 0.15) is 17.5 Å². The van der Waals surface area contributed by atoms with Crippen LogP contribution < -0.4 is 20.3 Å². The monoisotopic (exact) mass is 330 g/mol. The molecule has 128 valence electrons. The largest absolute Gasteiger partial charge is 0.497 e. The van der Waals surface area contributed by atoms with Crippen LogP contribution in [-0.2, 0) is 18.3 Å². The molecule has 0 aliphatic heterocycles. The number of aromatic nitrogens is 1. The summed E-state index contributed by atoms with van der Waals surface area (Å²) in [6.07, 6.45) is 2.51. The van der Waals surface area contributed by atoms with Gasteiger partial charge in [0.15, 0.2) is 0 Å². The number of nitrogens with zero attached hydrogens (tertiary/aromatic N) is 1. The Bertz CT molecular complexity index is 774. The second-order valence-corrected chi connectivity index (χ2v) is 5.59. The normalized spacial score (nSPS) is 10.3. The third kappa shape index (κ3) is 4.38. The first-order valence-electron chi connectivity index (χ1n) is 7.62. The highest BCUT2D eigenvalue weighted by Crippen LogP contribution is 2.23. The molecule has 0 aliphatic carbocycles. The van der Waals surface area contributed by atoms with E-state index in [-0.39, 0.29) is 11.5 Å². The van der Waals surface area contributed by atoms with E-state index in [1.165, 1.54) is 10.6 Å². The molecule has 0 saturated heterocycles. The van der Waals surface area contributed by atoms with E-state index in [1.54, 1.807) is 40.5 Å². The SMILES string of the molecule is COc1cc(CCC(=O)Nc2cn(C)c(=O)cc2C)cc(OC)c1. The number of hydrogen-bond acceptors (Lipinski definition) is 4. The number of methoxy groups -OCH3 is 2. The van der Waals surface area contributed by atoms with Gasteiger partial charge in [-0.15, -0.1) is 0 Å². The Hall–Kier alpha value is -2.76. The molecule has 6 heteroatoms. The Labute approximate surface area is 141 Å². The van der Waals surface area contributed by atoms with E-state index in [4.69, 9.17) is 9.47 Å². The van der Waals surface area contributed by atoms with E-state index in [0.717, 1.165) is 11.1 Å². The molecule has 0 spiro atoms. The van der Waals surface area contributed by atoms with Crippen LogP contribution in [0.3, 0.4) is 0 Å². The van der Waals surface area contributed by atoms with Crippen molar-refractivity contribution in [3.05, 3.63) is 51.9 Å². The summed E-state index contributed by atoms with van der Waals surface area (Å²) in [5, 5.41) is 2.84. The van der Waals surface area contributed by atoms with Crippen LogP contribution >= 0.6 is 0 Å². The first-order valence-corrected chi connectivity index (χ1v) is 7.62. The summed E-state index contributed by atoms with van der Waals surface area (Å²) in [4.78, 5) is 23.7. The van der Waals surface area contributed by atoms with Crippen molar-refractivity contribution in [2.24, 2.45) is 7.05 Å². The van der Waals surface area contributed by atoms with Gasteiger partial charge < -0.3 is 19.4 Å². The number of amides is 1. The molecule has 0 saturated carbocycles. The van der Waals surface area contributed by atoms with Crippen molar-refractivity contribution >= 4 is 11.6 Å². The Kier molecular flexibility index (Phi) is 5.63. The molecule has 1 aromatic carbocycles. The van der Waals surface area contributed by atoms with Gasteiger partial charge in [-0.05, 0) is 36.6 Å². The lowest BCUT2D eigenvalue weighted by Crippen LogP contribution is -2.19. The summed E-state index contributed by atoms with van der Waals surface area (Å²) in [5.41, 5.74) is 2.24. The van der Waals surface area contributed by atoms with Crippen molar-refractivity contribution in [3.8, 4) is 11.5 Å². The molecule has 0 aliphatic rings. The maximum absolute atomic E-state index is 12.2. The van der Waals surface area contributed by atoms with Crippen molar-refractivity contribution in [2.45, 2.75) is 19.8 Å². The van der Waals surface area contributed by atoms with Gasteiger partial charge in [0.05, 0.1) is 19.9 Å². The molecule has 2 aromatic rings. The fraction of sp³-hybridized carbons (Fsp3) is 0.333. The molecular formula is C18H22N2O4. The predicted octanol–water partition coefficient (Wildman–Crippen LogP) is 2.28. The first kappa shape index (κ1) is 17.6. The average Bonchev–Trinajstić information content (AvgIpc) is 2.57. The van der Waals surface area contributed by atoms with Gasteiger partial charge in [-0.3, -0.25) is 9.59 Å². The van der Waals surface area contributed by atoms with Crippen molar-refractivity contribution in [2.75, 3.05) is 19.5 Å². The molecule has 1 heterocycles. The Morgan fingerprint density at radius 1 is 1.12 bits per heavy atom. The van der Waals surface area contributed by atoms with Gasteiger partial charge >= 0.3 is 0 Å². The summed E-state index contributed by atoms with van der Waals surface area (Å²) < 4.78 is 11.9. The lowest BCUT2D eigenvalue weighted by molar-refractivity contribution is -0.116. The number of rotatable bonds is 6. The number of carbonyl (C=O) groups excluding carboxylic acids is 1. The van der Waals surface area contributed by atoms with E-state index >= 15 is 0 Å². The zero-order valence-electron chi connectivity index (χ0n) is 14.4. The van der Waals surface area contributed by atoms with Crippen LogP contribution in [0.15, 0.2) is 35.3 Å². The fourth-order valence-electron chi connectivity index (χ4n) is 2.34. The van der Waals surface area contributed by atoms with Gasteiger partial charge in [-0.1, -0.05) is 0 Å². The molecule has 0 atom stereocenters. The lowest BCUT2D eigenvalue weighted by atomic mass is 10.1. The molecule has 24 heavy (non-hydrogen) atoms. The highest BCUT2D eigenvalue weighted by molar-refractivity contribution is 5.91. The third-order valence-corrected chi connectivity index (χ3v) is 3.76. The standard InChI is InChI=1S/C18H22N2O4/c1-12-7-18(22)20(2)11-16(12)19-17(21)6-5-13-8-14(23-3)10-15(9-13)24-4/h7-11H,5-6H2,1-4H3,(H,19,21). The second kappa shape index (κ2) is 7.68. The maximum Gasteiger partial charge on any atom is 0.250 e. The first-order chi connectivity index (χ1) is 11.4. The molecule has 1 aromatic heterocycles. The number of carbonyl (C=O) groups is 1. The topological polar surface area (TPSA) is 69.6 Å². The van der Waals surface area contributed by atoms with Crippen molar-refractivity contribution < 1.29 is 14.3 Å². The van der Waals surface area contributed by atoms with Crippen molar-refractivity contribution in [1.29, 1.82) is 0 Å². The van der Waals surface area contributed by atoms with Crippen LogP contribution in [0.25, 0.3) is 0 Å². The average molecular weight is 330 g/mol. The highest BCUT2D eigenvalue weighted by Gasteiger charge is 2.08.